The van der Waals surface area contributed by atoms with E-state index in [1.807, 2.05) is 6.92 Å². The molecule has 5 heteroatoms. The summed E-state index contributed by atoms with van der Waals surface area (Å²) in [5.74, 6) is -1.59. The molecule has 1 amide bonds. The molecular weight excluding hydrogens is 292 g/mol. The van der Waals surface area contributed by atoms with E-state index in [1.165, 1.54) is 6.07 Å². The van der Waals surface area contributed by atoms with Crippen molar-refractivity contribution in [2.24, 2.45) is 0 Å². The molecule has 1 atom stereocenters. The van der Waals surface area contributed by atoms with E-state index in [4.69, 9.17) is 0 Å². The fourth-order valence-electron chi connectivity index (χ4n) is 1.40. The summed E-state index contributed by atoms with van der Waals surface area (Å²) in [4.78, 5) is 11.5. The van der Waals surface area contributed by atoms with Gasteiger partial charge in [0.2, 0.25) is 5.91 Å². The number of hydrogen-bond acceptors (Lipinski definition) is 1. The average molecular weight is 306 g/mol. The number of amides is 1. The molecule has 0 aliphatic rings. The van der Waals surface area contributed by atoms with Gasteiger partial charge in [0, 0.05) is 17.4 Å². The maximum Gasteiger partial charge on any atom is 0.224 e. The molecule has 0 bridgehead atoms. The molecule has 0 radical (unpaired) electrons. The van der Waals surface area contributed by atoms with Gasteiger partial charge in [0.05, 0.1) is 6.42 Å². The highest BCUT2D eigenvalue weighted by Gasteiger charge is 2.11. The molecule has 17 heavy (non-hydrogen) atoms. The van der Waals surface area contributed by atoms with E-state index in [0.29, 0.717) is 0 Å². The lowest BCUT2D eigenvalue weighted by molar-refractivity contribution is -0.121. The summed E-state index contributed by atoms with van der Waals surface area (Å²) in [6.45, 7) is 1.88. The van der Waals surface area contributed by atoms with Crippen LogP contribution in [0.5, 0.6) is 0 Å². The Balaban J connectivity index is 2.56. The van der Waals surface area contributed by atoms with Crippen LogP contribution < -0.4 is 5.32 Å². The number of alkyl halides is 1. The predicted octanol–water partition coefficient (Wildman–Crippen LogP) is 2.80. The molecule has 2 nitrogen and oxygen atoms in total. The number of carbonyl (C=O) groups excluding carboxylic acids is 1. The van der Waals surface area contributed by atoms with Gasteiger partial charge in [0.25, 0.3) is 0 Å². The maximum absolute atomic E-state index is 13.3. The van der Waals surface area contributed by atoms with Crippen LogP contribution in [0.1, 0.15) is 18.9 Å². The van der Waals surface area contributed by atoms with Crippen LogP contribution >= 0.6 is 15.9 Å². The molecule has 0 heterocycles. The van der Waals surface area contributed by atoms with Gasteiger partial charge in [-0.15, -0.1) is 0 Å². The maximum atomic E-state index is 13.3. The number of nitrogens with one attached hydrogen (secondary N) is 1. The van der Waals surface area contributed by atoms with Crippen LogP contribution in [0.15, 0.2) is 18.2 Å². The van der Waals surface area contributed by atoms with Crippen molar-refractivity contribution < 1.29 is 13.6 Å². The van der Waals surface area contributed by atoms with Crippen molar-refractivity contribution in [3.8, 4) is 0 Å². The highest BCUT2D eigenvalue weighted by molar-refractivity contribution is 9.09. The molecule has 0 saturated carbocycles. The van der Waals surface area contributed by atoms with Crippen LogP contribution in [0.25, 0.3) is 0 Å². The first-order chi connectivity index (χ1) is 8.02. The van der Waals surface area contributed by atoms with Crippen molar-refractivity contribution in [3.63, 3.8) is 0 Å². The molecule has 1 aromatic rings. The Morgan fingerprint density at radius 3 is 2.76 bits per heavy atom. The molecule has 1 aromatic carbocycles. The van der Waals surface area contributed by atoms with Gasteiger partial charge in [-0.1, -0.05) is 22.0 Å². The summed E-state index contributed by atoms with van der Waals surface area (Å²) in [6, 6.07) is 3.25. The monoisotopic (exact) mass is 305 g/mol. The van der Waals surface area contributed by atoms with E-state index >= 15 is 0 Å². The van der Waals surface area contributed by atoms with E-state index in [9.17, 15) is 13.6 Å². The van der Waals surface area contributed by atoms with E-state index in [-0.39, 0.29) is 23.9 Å². The summed E-state index contributed by atoms with van der Waals surface area (Å²) in [5, 5.41) is 3.53. The van der Waals surface area contributed by atoms with Gasteiger partial charge in [-0.05, 0) is 25.0 Å². The van der Waals surface area contributed by atoms with Crippen molar-refractivity contribution in [1.29, 1.82) is 0 Å². The summed E-state index contributed by atoms with van der Waals surface area (Å²) in [6.07, 6.45) is 0.733. The molecule has 1 rings (SSSR count). The first-order valence-electron chi connectivity index (χ1n) is 5.32. The first-order valence-corrected chi connectivity index (χ1v) is 6.44. The minimum absolute atomic E-state index is 0.0328. The van der Waals surface area contributed by atoms with Crippen molar-refractivity contribution >= 4 is 21.8 Å². The average Bonchev–Trinajstić information content (AvgIpc) is 2.22. The Morgan fingerprint density at radius 1 is 1.47 bits per heavy atom. The second-order valence-electron chi connectivity index (χ2n) is 3.86. The molecule has 0 spiro atoms. The minimum atomic E-state index is -0.687. The van der Waals surface area contributed by atoms with E-state index in [2.05, 4.69) is 21.2 Å². The summed E-state index contributed by atoms with van der Waals surface area (Å²) in [5.41, 5.74) is 0.204. The summed E-state index contributed by atoms with van der Waals surface area (Å²) in [7, 11) is 0. The van der Waals surface area contributed by atoms with Crippen molar-refractivity contribution in [3.05, 3.63) is 35.4 Å². The number of benzene rings is 1. The van der Waals surface area contributed by atoms with Crippen LogP contribution in [0.4, 0.5) is 8.78 Å². The Labute approximate surface area is 108 Å². The molecule has 0 saturated heterocycles. The van der Waals surface area contributed by atoms with Crippen LogP contribution in [0.2, 0.25) is 0 Å². The van der Waals surface area contributed by atoms with Crippen LogP contribution in [-0.4, -0.2) is 17.3 Å². The summed E-state index contributed by atoms with van der Waals surface area (Å²) >= 11 is 3.27. The Morgan fingerprint density at radius 2 is 2.18 bits per heavy atom. The van der Waals surface area contributed by atoms with Crippen molar-refractivity contribution in [2.45, 2.75) is 25.8 Å². The fraction of sp³-hybridized carbons (Fsp3) is 0.417. The third-order valence-electron chi connectivity index (χ3n) is 2.32. The lowest BCUT2D eigenvalue weighted by Crippen LogP contribution is -2.34. The second-order valence-corrected chi connectivity index (χ2v) is 4.65. The molecule has 94 valence electrons. The zero-order valence-electron chi connectivity index (χ0n) is 9.47. The van der Waals surface area contributed by atoms with Crippen LogP contribution in [-0.2, 0) is 11.2 Å². The van der Waals surface area contributed by atoms with Gasteiger partial charge in [0.15, 0.2) is 0 Å². The largest absolute Gasteiger partial charge is 0.353 e. The minimum Gasteiger partial charge on any atom is -0.353 e. The molecule has 0 fully saturated rings. The molecule has 1 unspecified atom stereocenters. The van der Waals surface area contributed by atoms with Crippen LogP contribution in [0, 0.1) is 11.6 Å². The third-order valence-corrected chi connectivity index (χ3v) is 2.77. The normalized spacial score (nSPS) is 12.2. The smallest absolute Gasteiger partial charge is 0.224 e. The number of halogens is 3. The van der Waals surface area contributed by atoms with Gasteiger partial charge >= 0.3 is 0 Å². The van der Waals surface area contributed by atoms with E-state index in [0.717, 1.165) is 23.9 Å². The molecular formula is C12H14BrF2NO. The lowest BCUT2D eigenvalue weighted by atomic mass is 10.1. The first kappa shape index (κ1) is 14.1. The van der Waals surface area contributed by atoms with Gasteiger partial charge in [-0.3, -0.25) is 4.79 Å². The molecule has 0 aromatic heterocycles. The standard InChI is InChI=1S/C12H14BrF2NO/c1-8(4-5-13)16-12(17)6-9-2-3-10(14)7-11(9)15/h2-3,7-8H,4-6H2,1H3,(H,16,17). The highest BCUT2D eigenvalue weighted by atomic mass is 79.9. The molecule has 0 aliphatic heterocycles. The summed E-state index contributed by atoms with van der Waals surface area (Å²) < 4.78 is 25.9. The number of rotatable bonds is 5. The van der Waals surface area contributed by atoms with E-state index < -0.39 is 11.6 Å². The highest BCUT2D eigenvalue weighted by Crippen LogP contribution is 2.10. The predicted molar refractivity (Wildman–Crippen MR) is 66.1 cm³/mol. The van der Waals surface area contributed by atoms with Gasteiger partial charge in [-0.2, -0.15) is 0 Å². The molecule has 0 aliphatic carbocycles. The van der Waals surface area contributed by atoms with Crippen LogP contribution in [0.3, 0.4) is 0 Å². The fourth-order valence-corrected chi connectivity index (χ4v) is 2.09. The number of carbonyl (C=O) groups is 1. The van der Waals surface area contributed by atoms with Gasteiger partial charge < -0.3 is 5.32 Å². The Bertz CT molecular complexity index is 398. The topological polar surface area (TPSA) is 29.1 Å². The quantitative estimate of drug-likeness (QED) is 0.833. The zero-order chi connectivity index (χ0) is 12.8. The zero-order valence-corrected chi connectivity index (χ0v) is 11.1. The van der Waals surface area contributed by atoms with Gasteiger partial charge in [0.1, 0.15) is 11.6 Å². The number of hydrogen-bond donors (Lipinski definition) is 1. The third kappa shape index (κ3) is 4.81. The van der Waals surface area contributed by atoms with Gasteiger partial charge in [-0.25, -0.2) is 8.78 Å². The Hall–Kier alpha value is -0.970. The van der Waals surface area contributed by atoms with Crippen molar-refractivity contribution in [1.82, 2.24) is 5.32 Å². The Kier molecular flexibility index (Phi) is 5.55. The molecule has 1 N–H and O–H groups in total. The van der Waals surface area contributed by atoms with E-state index in [1.54, 1.807) is 0 Å². The second kappa shape index (κ2) is 6.69. The lowest BCUT2D eigenvalue weighted by Gasteiger charge is -2.12. The van der Waals surface area contributed by atoms with Crippen molar-refractivity contribution in [2.75, 3.05) is 5.33 Å². The SMILES string of the molecule is CC(CCBr)NC(=O)Cc1ccc(F)cc1F.